The third kappa shape index (κ3) is 5.74. The highest BCUT2D eigenvalue weighted by atomic mass is 16.2. The number of amides is 2. The summed E-state index contributed by atoms with van der Waals surface area (Å²) in [5, 5.41) is 3.09. The summed E-state index contributed by atoms with van der Waals surface area (Å²) < 4.78 is 2.22. The van der Waals surface area contributed by atoms with Gasteiger partial charge in [-0.05, 0) is 36.1 Å². The maximum atomic E-state index is 13.1. The molecular weight excluding hydrogens is 358 g/mol. The lowest BCUT2D eigenvalue weighted by atomic mass is 10.0. The molecule has 0 radical (unpaired) electrons. The van der Waals surface area contributed by atoms with Crippen molar-refractivity contribution in [1.82, 2.24) is 14.8 Å². The first kappa shape index (κ1) is 20.7. The van der Waals surface area contributed by atoms with E-state index in [0.717, 1.165) is 17.8 Å². The number of carbonyl (C=O) groups excluding carboxylic acids is 1. The smallest absolute Gasteiger partial charge is 0.318 e. The Kier molecular flexibility index (Phi) is 7.12. The van der Waals surface area contributed by atoms with Crippen molar-refractivity contribution in [2.75, 3.05) is 0 Å². The third-order valence-electron chi connectivity index (χ3n) is 5.46. The number of rotatable bonds is 8. The van der Waals surface area contributed by atoms with Gasteiger partial charge in [-0.2, -0.15) is 0 Å². The first-order valence-electron chi connectivity index (χ1n) is 10.3. The van der Waals surface area contributed by atoms with Gasteiger partial charge in [-0.25, -0.2) is 4.79 Å². The predicted octanol–water partition coefficient (Wildman–Crippen LogP) is 5.29. The third-order valence-corrected chi connectivity index (χ3v) is 5.46. The van der Waals surface area contributed by atoms with E-state index in [1.165, 1.54) is 5.56 Å². The molecule has 1 N–H and O–H groups in total. The van der Waals surface area contributed by atoms with Gasteiger partial charge in [-0.3, -0.25) is 0 Å². The second-order valence-electron chi connectivity index (χ2n) is 7.87. The van der Waals surface area contributed by atoms with E-state index < -0.39 is 0 Å². The summed E-state index contributed by atoms with van der Waals surface area (Å²) in [5.41, 5.74) is 3.49. The standard InChI is InChI=1S/C25H31N3O/c1-20(2)21(3)28(25(29)26-17-22-11-6-4-7-12-22)19-24-15-10-16-27(24)18-23-13-8-5-9-14-23/h4-16,20-21H,17-19H2,1-3H3,(H,26,29). The zero-order valence-corrected chi connectivity index (χ0v) is 17.6. The van der Waals surface area contributed by atoms with Crippen molar-refractivity contribution < 1.29 is 4.79 Å². The number of hydrogen-bond acceptors (Lipinski definition) is 1. The summed E-state index contributed by atoms with van der Waals surface area (Å²) in [7, 11) is 0. The van der Waals surface area contributed by atoms with Crippen LogP contribution < -0.4 is 5.32 Å². The molecule has 0 aliphatic rings. The second-order valence-corrected chi connectivity index (χ2v) is 7.87. The monoisotopic (exact) mass is 389 g/mol. The Morgan fingerprint density at radius 3 is 2.14 bits per heavy atom. The molecule has 152 valence electrons. The molecule has 2 aromatic carbocycles. The van der Waals surface area contributed by atoms with E-state index in [1.807, 2.05) is 41.3 Å². The van der Waals surface area contributed by atoms with Gasteiger partial charge in [0.1, 0.15) is 0 Å². The minimum absolute atomic E-state index is 0.0254. The molecule has 3 aromatic rings. The SMILES string of the molecule is CC(C)C(C)N(Cc1cccn1Cc1ccccc1)C(=O)NCc1ccccc1. The van der Waals surface area contributed by atoms with Crippen molar-refractivity contribution in [2.45, 2.75) is 46.4 Å². The van der Waals surface area contributed by atoms with E-state index in [2.05, 4.69) is 73.3 Å². The molecule has 29 heavy (non-hydrogen) atoms. The van der Waals surface area contributed by atoms with Gasteiger partial charge < -0.3 is 14.8 Å². The fourth-order valence-electron chi connectivity index (χ4n) is 3.34. The van der Waals surface area contributed by atoms with E-state index in [0.29, 0.717) is 19.0 Å². The van der Waals surface area contributed by atoms with Gasteiger partial charge in [0.05, 0.1) is 6.54 Å². The molecule has 1 atom stereocenters. The Hall–Kier alpha value is -3.01. The number of aromatic nitrogens is 1. The van der Waals surface area contributed by atoms with Crippen LogP contribution >= 0.6 is 0 Å². The Morgan fingerprint density at radius 1 is 0.897 bits per heavy atom. The van der Waals surface area contributed by atoms with Crippen LogP contribution in [0.2, 0.25) is 0 Å². The number of urea groups is 1. The van der Waals surface area contributed by atoms with Crippen molar-refractivity contribution in [2.24, 2.45) is 5.92 Å². The van der Waals surface area contributed by atoms with Gasteiger partial charge in [0, 0.05) is 31.0 Å². The van der Waals surface area contributed by atoms with Crippen molar-refractivity contribution >= 4 is 6.03 Å². The zero-order chi connectivity index (χ0) is 20.6. The van der Waals surface area contributed by atoms with Crippen LogP contribution in [0.4, 0.5) is 4.79 Å². The first-order valence-corrected chi connectivity index (χ1v) is 10.3. The highest BCUT2D eigenvalue weighted by Gasteiger charge is 2.23. The molecule has 0 bridgehead atoms. The Labute approximate surface area is 174 Å². The van der Waals surface area contributed by atoms with Gasteiger partial charge in [-0.15, -0.1) is 0 Å². The van der Waals surface area contributed by atoms with Crippen molar-refractivity contribution in [1.29, 1.82) is 0 Å². The average Bonchev–Trinajstić information content (AvgIpc) is 3.17. The largest absolute Gasteiger partial charge is 0.345 e. The lowest BCUT2D eigenvalue weighted by Crippen LogP contribution is -2.46. The highest BCUT2D eigenvalue weighted by Crippen LogP contribution is 2.17. The van der Waals surface area contributed by atoms with Crippen LogP contribution in [0.25, 0.3) is 0 Å². The van der Waals surface area contributed by atoms with E-state index in [-0.39, 0.29) is 12.1 Å². The molecule has 0 saturated heterocycles. The van der Waals surface area contributed by atoms with E-state index in [4.69, 9.17) is 0 Å². The molecule has 4 nitrogen and oxygen atoms in total. The Bertz CT molecular complexity index is 887. The normalized spacial score (nSPS) is 12.0. The van der Waals surface area contributed by atoms with Crippen LogP contribution in [0.1, 0.15) is 37.6 Å². The lowest BCUT2D eigenvalue weighted by molar-refractivity contribution is 0.155. The number of carbonyl (C=O) groups is 1. The van der Waals surface area contributed by atoms with Crippen LogP contribution in [0.5, 0.6) is 0 Å². The van der Waals surface area contributed by atoms with Gasteiger partial charge in [0.2, 0.25) is 0 Å². The molecule has 0 fully saturated rings. The summed E-state index contributed by atoms with van der Waals surface area (Å²) in [6.45, 7) is 8.36. The Balaban J connectivity index is 1.72. The van der Waals surface area contributed by atoms with Gasteiger partial charge >= 0.3 is 6.03 Å². The zero-order valence-electron chi connectivity index (χ0n) is 17.6. The Morgan fingerprint density at radius 2 is 1.52 bits per heavy atom. The van der Waals surface area contributed by atoms with Crippen LogP contribution in [0.3, 0.4) is 0 Å². The number of benzene rings is 2. The van der Waals surface area contributed by atoms with Crippen molar-refractivity contribution in [3.05, 3.63) is 95.8 Å². The van der Waals surface area contributed by atoms with Crippen molar-refractivity contribution in [3.8, 4) is 0 Å². The molecule has 2 amide bonds. The maximum Gasteiger partial charge on any atom is 0.318 e. The van der Waals surface area contributed by atoms with E-state index >= 15 is 0 Å². The lowest BCUT2D eigenvalue weighted by Gasteiger charge is -2.32. The number of nitrogens with one attached hydrogen (secondary N) is 1. The predicted molar refractivity (Wildman–Crippen MR) is 118 cm³/mol. The quantitative estimate of drug-likeness (QED) is 0.558. The molecule has 0 spiro atoms. The molecule has 0 aliphatic heterocycles. The maximum absolute atomic E-state index is 13.1. The average molecular weight is 390 g/mol. The molecule has 1 unspecified atom stereocenters. The minimum Gasteiger partial charge on any atom is -0.345 e. The van der Waals surface area contributed by atoms with Crippen molar-refractivity contribution in [3.63, 3.8) is 0 Å². The van der Waals surface area contributed by atoms with Gasteiger partial charge in [-0.1, -0.05) is 74.5 Å². The summed E-state index contributed by atoms with van der Waals surface area (Å²) in [5.74, 6) is 0.370. The molecule has 0 aliphatic carbocycles. The number of hydrogen-bond donors (Lipinski definition) is 1. The van der Waals surface area contributed by atoms with Gasteiger partial charge in [0.15, 0.2) is 0 Å². The molecule has 1 heterocycles. The fourth-order valence-corrected chi connectivity index (χ4v) is 3.34. The van der Waals surface area contributed by atoms with E-state index in [9.17, 15) is 4.79 Å². The summed E-state index contributed by atoms with van der Waals surface area (Å²) >= 11 is 0. The topological polar surface area (TPSA) is 37.3 Å². The van der Waals surface area contributed by atoms with E-state index in [1.54, 1.807) is 0 Å². The van der Waals surface area contributed by atoms with Crippen LogP contribution in [0.15, 0.2) is 79.0 Å². The highest BCUT2D eigenvalue weighted by molar-refractivity contribution is 5.74. The first-order chi connectivity index (χ1) is 14.0. The molecular formula is C25H31N3O. The fraction of sp³-hybridized carbons (Fsp3) is 0.320. The van der Waals surface area contributed by atoms with Crippen LogP contribution in [-0.2, 0) is 19.6 Å². The molecule has 1 aromatic heterocycles. The summed E-state index contributed by atoms with van der Waals surface area (Å²) in [6, 6.07) is 24.7. The second kappa shape index (κ2) is 9.97. The minimum atomic E-state index is -0.0254. The summed E-state index contributed by atoms with van der Waals surface area (Å²) in [6.07, 6.45) is 2.09. The molecule has 4 heteroatoms. The molecule has 3 rings (SSSR count). The van der Waals surface area contributed by atoms with Crippen LogP contribution in [-0.4, -0.2) is 21.5 Å². The van der Waals surface area contributed by atoms with Crippen LogP contribution in [0, 0.1) is 5.92 Å². The van der Waals surface area contributed by atoms with Gasteiger partial charge in [0.25, 0.3) is 0 Å². The summed E-state index contributed by atoms with van der Waals surface area (Å²) in [4.78, 5) is 15.0. The molecule has 0 saturated carbocycles. The number of nitrogens with zero attached hydrogens (tertiary/aromatic N) is 2.